The van der Waals surface area contributed by atoms with Crippen molar-refractivity contribution in [2.45, 2.75) is 25.7 Å². The largest absolute Gasteiger partial charge is 0.506 e. The Morgan fingerprint density at radius 3 is 2.48 bits per heavy atom. The van der Waals surface area contributed by atoms with Gasteiger partial charge in [-0.1, -0.05) is 28.8 Å². The summed E-state index contributed by atoms with van der Waals surface area (Å²) in [6.07, 6.45) is 5.56. The standard InChI is InChI=1S/C18H18Br2N2O4S/c19-12-7-11(16(24)13(20)9-12)8-14-17(25)22(18(26)27-14)10-15(23)21-5-3-1-2-4-6-21/h7-9,24H,1-6,10H2/b14-8-. The van der Waals surface area contributed by atoms with Crippen molar-refractivity contribution in [3.8, 4) is 5.75 Å². The van der Waals surface area contributed by atoms with Crippen LogP contribution < -0.4 is 0 Å². The zero-order valence-corrected chi connectivity index (χ0v) is 18.4. The van der Waals surface area contributed by atoms with Crippen molar-refractivity contribution in [3.63, 3.8) is 0 Å². The summed E-state index contributed by atoms with van der Waals surface area (Å²) in [6.45, 7) is 1.10. The van der Waals surface area contributed by atoms with Gasteiger partial charge in [0, 0.05) is 23.1 Å². The summed E-state index contributed by atoms with van der Waals surface area (Å²) in [4.78, 5) is 40.3. The van der Waals surface area contributed by atoms with E-state index in [1.165, 1.54) is 6.08 Å². The van der Waals surface area contributed by atoms with Gasteiger partial charge in [0.25, 0.3) is 11.1 Å². The Morgan fingerprint density at radius 2 is 1.81 bits per heavy atom. The van der Waals surface area contributed by atoms with Crippen molar-refractivity contribution in [2.75, 3.05) is 19.6 Å². The summed E-state index contributed by atoms with van der Waals surface area (Å²) in [5.41, 5.74) is 0.403. The summed E-state index contributed by atoms with van der Waals surface area (Å²) < 4.78 is 1.19. The molecule has 1 N–H and O–H groups in total. The number of halogens is 2. The molecule has 2 aliphatic heterocycles. The highest BCUT2D eigenvalue weighted by atomic mass is 79.9. The molecule has 9 heteroatoms. The highest BCUT2D eigenvalue weighted by Crippen LogP contribution is 2.37. The Morgan fingerprint density at radius 1 is 1.15 bits per heavy atom. The minimum Gasteiger partial charge on any atom is -0.506 e. The van der Waals surface area contributed by atoms with E-state index in [1.807, 2.05) is 0 Å². The maximum Gasteiger partial charge on any atom is 0.294 e. The molecule has 0 radical (unpaired) electrons. The second kappa shape index (κ2) is 8.79. The van der Waals surface area contributed by atoms with Crippen molar-refractivity contribution in [2.24, 2.45) is 0 Å². The molecule has 2 fully saturated rings. The number of phenolic OH excluding ortho intramolecular Hbond substituents is 1. The van der Waals surface area contributed by atoms with Crippen LogP contribution in [0.3, 0.4) is 0 Å². The van der Waals surface area contributed by atoms with Crippen LogP contribution in [0.4, 0.5) is 4.79 Å². The van der Waals surface area contributed by atoms with E-state index in [-0.39, 0.29) is 23.1 Å². The molecule has 3 rings (SSSR count). The highest BCUT2D eigenvalue weighted by Gasteiger charge is 2.37. The van der Waals surface area contributed by atoms with Crippen LogP contribution in [0.15, 0.2) is 26.0 Å². The topological polar surface area (TPSA) is 77.9 Å². The molecular formula is C18H18Br2N2O4S. The predicted molar refractivity (Wildman–Crippen MR) is 111 cm³/mol. The van der Waals surface area contributed by atoms with Crippen LogP contribution in [-0.2, 0) is 9.59 Å². The van der Waals surface area contributed by atoms with E-state index in [1.54, 1.807) is 17.0 Å². The van der Waals surface area contributed by atoms with Crippen molar-refractivity contribution < 1.29 is 19.5 Å². The molecule has 3 amide bonds. The lowest BCUT2D eigenvalue weighted by molar-refractivity contribution is -0.135. The van der Waals surface area contributed by atoms with Gasteiger partial charge in [-0.2, -0.15) is 0 Å². The van der Waals surface area contributed by atoms with Gasteiger partial charge >= 0.3 is 0 Å². The van der Waals surface area contributed by atoms with Crippen LogP contribution in [-0.4, -0.2) is 51.6 Å². The minimum atomic E-state index is -0.510. The Labute approximate surface area is 178 Å². The smallest absolute Gasteiger partial charge is 0.294 e. The lowest BCUT2D eigenvalue weighted by atomic mass is 10.2. The number of nitrogens with zero attached hydrogens (tertiary/aromatic N) is 2. The molecule has 0 atom stereocenters. The van der Waals surface area contributed by atoms with Crippen LogP contribution in [0.2, 0.25) is 0 Å². The van der Waals surface area contributed by atoms with Crippen LogP contribution in [0.5, 0.6) is 5.75 Å². The van der Waals surface area contributed by atoms with E-state index >= 15 is 0 Å². The number of carbonyl (C=O) groups is 3. The molecule has 6 nitrogen and oxygen atoms in total. The molecule has 2 saturated heterocycles. The quantitative estimate of drug-likeness (QED) is 0.603. The lowest BCUT2D eigenvalue weighted by Crippen LogP contribution is -2.42. The molecule has 27 heavy (non-hydrogen) atoms. The SMILES string of the molecule is O=C(CN1C(=O)S/C(=C\c2cc(Br)cc(Br)c2O)C1=O)N1CCCCCC1. The number of hydrogen-bond donors (Lipinski definition) is 1. The normalized spacial score (nSPS) is 19.7. The number of likely N-dealkylation sites (tertiary alicyclic amines) is 1. The van der Waals surface area contributed by atoms with Gasteiger partial charge in [-0.15, -0.1) is 0 Å². The number of amides is 3. The molecule has 2 heterocycles. The fraction of sp³-hybridized carbons (Fsp3) is 0.389. The Balaban J connectivity index is 1.76. The van der Waals surface area contributed by atoms with Crippen molar-refractivity contribution in [1.29, 1.82) is 0 Å². The van der Waals surface area contributed by atoms with Gasteiger partial charge in [-0.3, -0.25) is 19.3 Å². The Kier molecular flexibility index (Phi) is 6.65. The third-order valence-electron chi connectivity index (χ3n) is 4.47. The molecular weight excluding hydrogens is 500 g/mol. The Bertz CT molecular complexity index is 820. The van der Waals surface area contributed by atoms with Gasteiger partial charge in [0.15, 0.2) is 0 Å². The molecule has 0 aromatic heterocycles. The van der Waals surface area contributed by atoms with Gasteiger partial charge in [-0.25, -0.2) is 0 Å². The molecule has 0 aliphatic carbocycles. The highest BCUT2D eigenvalue weighted by molar-refractivity contribution is 9.11. The number of imide groups is 1. The predicted octanol–water partition coefficient (Wildman–Crippen LogP) is 4.36. The van der Waals surface area contributed by atoms with E-state index in [9.17, 15) is 19.5 Å². The molecule has 144 valence electrons. The second-order valence-electron chi connectivity index (χ2n) is 6.39. The average molecular weight is 518 g/mol. The number of carbonyl (C=O) groups excluding carboxylic acids is 3. The van der Waals surface area contributed by atoms with Crippen LogP contribution in [0.25, 0.3) is 6.08 Å². The number of benzene rings is 1. The van der Waals surface area contributed by atoms with Crippen LogP contribution in [0, 0.1) is 0 Å². The van der Waals surface area contributed by atoms with E-state index < -0.39 is 11.1 Å². The van der Waals surface area contributed by atoms with Gasteiger partial charge in [-0.05, 0) is 58.7 Å². The van der Waals surface area contributed by atoms with Crippen molar-refractivity contribution >= 4 is 66.8 Å². The molecule has 1 aromatic carbocycles. The van der Waals surface area contributed by atoms with Gasteiger partial charge in [0.2, 0.25) is 5.91 Å². The first-order valence-electron chi connectivity index (χ1n) is 8.58. The van der Waals surface area contributed by atoms with Crippen molar-refractivity contribution in [3.05, 3.63) is 31.5 Å². The molecule has 2 aliphatic rings. The van der Waals surface area contributed by atoms with E-state index in [2.05, 4.69) is 31.9 Å². The average Bonchev–Trinajstić information content (AvgIpc) is 2.83. The first-order valence-corrected chi connectivity index (χ1v) is 11.0. The van der Waals surface area contributed by atoms with Gasteiger partial charge in [0.1, 0.15) is 12.3 Å². The molecule has 1 aromatic rings. The first kappa shape index (κ1) is 20.4. The second-order valence-corrected chi connectivity index (χ2v) is 9.15. The molecule has 0 unspecified atom stereocenters. The fourth-order valence-electron chi connectivity index (χ4n) is 3.03. The lowest BCUT2D eigenvalue weighted by Gasteiger charge is -2.22. The molecule has 0 saturated carbocycles. The number of hydrogen-bond acceptors (Lipinski definition) is 5. The van der Waals surface area contributed by atoms with E-state index in [0.29, 0.717) is 27.6 Å². The molecule has 0 bridgehead atoms. The summed E-state index contributed by atoms with van der Waals surface area (Å²) in [7, 11) is 0. The third-order valence-corrected chi connectivity index (χ3v) is 6.44. The summed E-state index contributed by atoms with van der Waals surface area (Å²) >= 11 is 7.34. The van der Waals surface area contributed by atoms with E-state index in [0.717, 1.165) is 42.3 Å². The first-order chi connectivity index (χ1) is 12.9. The molecule has 0 spiro atoms. The maximum atomic E-state index is 12.6. The number of phenols is 1. The summed E-state index contributed by atoms with van der Waals surface area (Å²) in [6, 6.07) is 3.33. The van der Waals surface area contributed by atoms with Gasteiger partial charge in [0.05, 0.1) is 9.38 Å². The number of aromatic hydroxyl groups is 1. The fourth-order valence-corrected chi connectivity index (χ4v) is 5.12. The minimum absolute atomic E-state index is 0.0226. The van der Waals surface area contributed by atoms with Crippen LogP contribution in [0.1, 0.15) is 31.2 Å². The third kappa shape index (κ3) is 4.75. The number of rotatable bonds is 3. The Hall–Kier alpha value is -1.32. The van der Waals surface area contributed by atoms with Gasteiger partial charge < -0.3 is 10.0 Å². The monoisotopic (exact) mass is 516 g/mol. The summed E-state index contributed by atoms with van der Waals surface area (Å²) in [5.74, 6) is -0.734. The zero-order chi connectivity index (χ0) is 19.6. The maximum absolute atomic E-state index is 12.6. The van der Waals surface area contributed by atoms with Crippen molar-refractivity contribution in [1.82, 2.24) is 9.80 Å². The van der Waals surface area contributed by atoms with E-state index in [4.69, 9.17) is 0 Å². The van der Waals surface area contributed by atoms with Crippen LogP contribution >= 0.6 is 43.6 Å². The zero-order valence-electron chi connectivity index (χ0n) is 14.4. The summed E-state index contributed by atoms with van der Waals surface area (Å²) in [5, 5.41) is 9.68. The number of thioether (sulfide) groups is 1.